The van der Waals surface area contributed by atoms with Gasteiger partial charge in [-0.2, -0.15) is 0 Å². The summed E-state index contributed by atoms with van der Waals surface area (Å²) in [5.41, 5.74) is 3.73. The number of aryl methyl sites for hydroxylation is 1. The van der Waals surface area contributed by atoms with Gasteiger partial charge in [0, 0.05) is 17.4 Å². The third-order valence-corrected chi connectivity index (χ3v) is 5.21. The molecule has 3 atom stereocenters. The molecule has 0 N–H and O–H groups in total. The van der Waals surface area contributed by atoms with Gasteiger partial charge in [-0.25, -0.2) is 0 Å². The van der Waals surface area contributed by atoms with E-state index in [0.29, 0.717) is 0 Å². The highest BCUT2D eigenvalue weighted by atomic mass is 16.1. The van der Waals surface area contributed by atoms with E-state index in [-0.39, 0.29) is 29.3 Å². The van der Waals surface area contributed by atoms with Crippen LogP contribution in [-0.2, 0) is 11.2 Å². The van der Waals surface area contributed by atoms with Crippen LogP contribution in [-0.4, -0.2) is 11.6 Å². The van der Waals surface area contributed by atoms with Gasteiger partial charge in [-0.15, -0.1) is 0 Å². The maximum atomic E-state index is 12.9. The topological polar surface area (TPSA) is 34.1 Å². The Morgan fingerprint density at radius 2 is 1.91 bits per heavy atom. The van der Waals surface area contributed by atoms with Crippen LogP contribution in [0.15, 0.2) is 48.1 Å². The number of carbonyl (C=O) groups excluding carboxylic acids is 2. The fourth-order valence-corrected chi connectivity index (χ4v) is 3.93. The van der Waals surface area contributed by atoms with Crippen LogP contribution in [0.5, 0.6) is 0 Å². The molecule has 0 saturated carbocycles. The Morgan fingerprint density at radius 3 is 2.64 bits per heavy atom. The second-order valence-corrected chi connectivity index (χ2v) is 6.63. The van der Waals surface area contributed by atoms with E-state index in [1.54, 1.807) is 0 Å². The lowest BCUT2D eigenvalue weighted by molar-refractivity contribution is -0.122. The first-order valence-corrected chi connectivity index (χ1v) is 7.99. The number of rotatable bonds is 2. The highest BCUT2D eigenvalue weighted by Gasteiger charge is 2.43. The van der Waals surface area contributed by atoms with Crippen LogP contribution < -0.4 is 0 Å². The third-order valence-electron chi connectivity index (χ3n) is 5.21. The van der Waals surface area contributed by atoms with Crippen molar-refractivity contribution < 1.29 is 9.59 Å². The average Bonchev–Trinajstić information content (AvgIpc) is 2.51. The van der Waals surface area contributed by atoms with Crippen LogP contribution in [0.1, 0.15) is 42.6 Å². The zero-order chi connectivity index (χ0) is 15.9. The van der Waals surface area contributed by atoms with Crippen LogP contribution in [0.25, 0.3) is 0 Å². The van der Waals surface area contributed by atoms with Crippen molar-refractivity contribution >= 4 is 11.6 Å². The molecule has 0 bridgehead atoms. The van der Waals surface area contributed by atoms with E-state index >= 15 is 0 Å². The Morgan fingerprint density at radius 1 is 1.18 bits per heavy atom. The van der Waals surface area contributed by atoms with Crippen LogP contribution in [0, 0.1) is 17.8 Å². The number of carbonyl (C=O) groups is 2. The fourth-order valence-electron chi connectivity index (χ4n) is 3.93. The van der Waals surface area contributed by atoms with Gasteiger partial charge in [-0.05, 0) is 50.2 Å². The Bertz CT molecular complexity index is 681. The van der Waals surface area contributed by atoms with Crippen LogP contribution >= 0.6 is 0 Å². The number of benzene rings is 1. The summed E-state index contributed by atoms with van der Waals surface area (Å²) in [6, 6.07) is 7.80. The van der Waals surface area contributed by atoms with Gasteiger partial charge in [0.05, 0.1) is 0 Å². The van der Waals surface area contributed by atoms with Gasteiger partial charge >= 0.3 is 0 Å². The van der Waals surface area contributed by atoms with Crippen LogP contribution in [0.3, 0.4) is 0 Å². The summed E-state index contributed by atoms with van der Waals surface area (Å²) < 4.78 is 0. The first kappa shape index (κ1) is 15.0. The van der Waals surface area contributed by atoms with Gasteiger partial charge in [0.15, 0.2) is 11.6 Å². The normalized spacial score (nSPS) is 28.1. The SMILES string of the molecule is C=C(C)[C@@H]1CC=C(C)C(=O)[C@H]1[C@H]1CCc2ccccc2C1=O. The summed E-state index contributed by atoms with van der Waals surface area (Å²) in [6.45, 7) is 7.90. The van der Waals surface area contributed by atoms with Gasteiger partial charge < -0.3 is 0 Å². The number of ketones is 2. The highest BCUT2D eigenvalue weighted by Crippen LogP contribution is 2.41. The Balaban J connectivity index is 1.99. The summed E-state index contributed by atoms with van der Waals surface area (Å²) in [5, 5.41) is 0. The van der Waals surface area contributed by atoms with Crippen molar-refractivity contribution in [3.8, 4) is 0 Å². The van der Waals surface area contributed by atoms with Crippen molar-refractivity contribution in [3.63, 3.8) is 0 Å². The number of allylic oxidation sites excluding steroid dienone is 3. The van der Waals surface area contributed by atoms with E-state index in [1.807, 2.05) is 44.2 Å². The summed E-state index contributed by atoms with van der Waals surface area (Å²) in [6.07, 6.45) is 4.47. The molecule has 0 heterocycles. The number of Topliss-reactive ketones (excluding diaryl/α,β-unsaturated/α-hetero) is 2. The van der Waals surface area contributed by atoms with E-state index in [9.17, 15) is 9.59 Å². The molecule has 0 amide bonds. The Labute approximate surface area is 131 Å². The van der Waals surface area contributed by atoms with Crippen molar-refractivity contribution in [2.45, 2.75) is 33.1 Å². The summed E-state index contributed by atoms with van der Waals surface area (Å²) in [7, 11) is 0. The molecule has 0 radical (unpaired) electrons. The van der Waals surface area contributed by atoms with Crippen molar-refractivity contribution in [3.05, 3.63) is 59.2 Å². The highest BCUT2D eigenvalue weighted by molar-refractivity contribution is 6.06. The Hall–Kier alpha value is -1.96. The minimum absolute atomic E-state index is 0.0930. The average molecular weight is 294 g/mol. The van der Waals surface area contributed by atoms with Crippen LogP contribution in [0.2, 0.25) is 0 Å². The van der Waals surface area contributed by atoms with E-state index in [4.69, 9.17) is 0 Å². The number of fused-ring (bicyclic) bond motifs is 1. The molecule has 2 nitrogen and oxygen atoms in total. The third kappa shape index (κ3) is 2.37. The smallest absolute Gasteiger partial charge is 0.166 e. The molecule has 1 aromatic carbocycles. The standard InChI is InChI=1S/C20H22O2/c1-12(2)15-10-8-13(3)19(21)18(15)17-11-9-14-6-4-5-7-16(14)20(17)22/h4-8,15,17-18H,1,9-11H2,2-3H3/t15-,17+,18+/m0/s1. The maximum Gasteiger partial charge on any atom is 0.166 e. The quantitative estimate of drug-likeness (QED) is 0.768. The number of hydrogen-bond donors (Lipinski definition) is 0. The molecule has 22 heavy (non-hydrogen) atoms. The summed E-state index contributed by atoms with van der Waals surface area (Å²) >= 11 is 0. The second-order valence-electron chi connectivity index (χ2n) is 6.63. The van der Waals surface area contributed by atoms with Crippen molar-refractivity contribution in [2.24, 2.45) is 17.8 Å². The summed E-state index contributed by atoms with van der Waals surface area (Å²) in [5.74, 6) is -0.0651. The van der Waals surface area contributed by atoms with E-state index in [0.717, 1.165) is 41.5 Å². The maximum absolute atomic E-state index is 12.9. The predicted octanol–water partition coefficient (Wildman–Crippen LogP) is 4.16. The fraction of sp³-hybridized carbons (Fsp3) is 0.400. The lowest BCUT2D eigenvalue weighted by atomic mass is 9.64. The molecule has 1 aromatic rings. The van der Waals surface area contributed by atoms with E-state index < -0.39 is 0 Å². The molecular weight excluding hydrogens is 272 g/mol. The van der Waals surface area contributed by atoms with Gasteiger partial charge in [-0.3, -0.25) is 9.59 Å². The van der Waals surface area contributed by atoms with Crippen molar-refractivity contribution in [1.29, 1.82) is 0 Å². The number of hydrogen-bond acceptors (Lipinski definition) is 2. The van der Waals surface area contributed by atoms with Crippen molar-refractivity contribution in [2.75, 3.05) is 0 Å². The molecule has 2 heteroatoms. The first-order chi connectivity index (χ1) is 10.5. The molecule has 0 saturated heterocycles. The Kier molecular flexibility index (Phi) is 3.86. The second kappa shape index (κ2) is 5.68. The molecule has 3 rings (SSSR count). The lowest BCUT2D eigenvalue weighted by Crippen LogP contribution is -2.40. The monoisotopic (exact) mass is 294 g/mol. The molecule has 0 aromatic heterocycles. The molecule has 2 aliphatic rings. The lowest BCUT2D eigenvalue weighted by Gasteiger charge is -2.37. The molecular formula is C20H22O2. The molecule has 0 aliphatic heterocycles. The molecule has 0 spiro atoms. The minimum atomic E-state index is -0.233. The molecule has 0 fully saturated rings. The zero-order valence-corrected chi connectivity index (χ0v) is 13.3. The van der Waals surface area contributed by atoms with Gasteiger partial charge in [0.25, 0.3) is 0 Å². The molecule has 114 valence electrons. The molecule has 2 aliphatic carbocycles. The zero-order valence-electron chi connectivity index (χ0n) is 13.3. The van der Waals surface area contributed by atoms with E-state index in [1.165, 1.54) is 0 Å². The minimum Gasteiger partial charge on any atom is -0.294 e. The summed E-state index contributed by atoms with van der Waals surface area (Å²) in [4.78, 5) is 25.7. The van der Waals surface area contributed by atoms with E-state index in [2.05, 4.69) is 6.58 Å². The van der Waals surface area contributed by atoms with Crippen LogP contribution in [0.4, 0.5) is 0 Å². The first-order valence-electron chi connectivity index (χ1n) is 7.99. The van der Waals surface area contributed by atoms with Gasteiger partial charge in [-0.1, -0.05) is 42.5 Å². The predicted molar refractivity (Wildman–Crippen MR) is 87.8 cm³/mol. The molecule has 0 unspecified atom stereocenters. The largest absolute Gasteiger partial charge is 0.294 e. The van der Waals surface area contributed by atoms with Gasteiger partial charge in [0.1, 0.15) is 0 Å². The van der Waals surface area contributed by atoms with Gasteiger partial charge in [0.2, 0.25) is 0 Å². The van der Waals surface area contributed by atoms with Crippen molar-refractivity contribution in [1.82, 2.24) is 0 Å².